The highest BCUT2D eigenvalue weighted by Crippen LogP contribution is 2.11. The summed E-state index contributed by atoms with van der Waals surface area (Å²) in [4.78, 5) is 12.3. The fourth-order valence-corrected chi connectivity index (χ4v) is 1.05. The van der Waals surface area contributed by atoms with E-state index in [1.54, 1.807) is 7.05 Å². The van der Waals surface area contributed by atoms with Gasteiger partial charge in [-0.15, -0.1) is 0 Å². The van der Waals surface area contributed by atoms with E-state index in [-0.39, 0.29) is 0 Å². The van der Waals surface area contributed by atoms with Gasteiger partial charge in [0, 0.05) is 13.6 Å². The van der Waals surface area contributed by atoms with E-state index in [0.717, 1.165) is 13.0 Å². The van der Waals surface area contributed by atoms with Crippen LogP contribution in [0.5, 0.6) is 6.01 Å². The molecular formula is C10H19N5O. The first-order valence-corrected chi connectivity index (χ1v) is 5.41. The van der Waals surface area contributed by atoms with Crippen LogP contribution >= 0.6 is 0 Å². The van der Waals surface area contributed by atoms with E-state index in [1.807, 2.05) is 0 Å². The molecular weight excluding hydrogens is 206 g/mol. The van der Waals surface area contributed by atoms with Gasteiger partial charge in [-0.3, -0.25) is 0 Å². The highest BCUT2D eigenvalue weighted by atomic mass is 16.5. The molecule has 2 N–H and O–H groups in total. The Bertz CT molecular complexity index is 309. The van der Waals surface area contributed by atoms with Crippen molar-refractivity contribution >= 4 is 11.9 Å². The lowest BCUT2D eigenvalue weighted by Crippen LogP contribution is -2.14. The van der Waals surface area contributed by atoms with Crippen LogP contribution in [0.3, 0.4) is 0 Å². The predicted molar refractivity (Wildman–Crippen MR) is 63.9 cm³/mol. The Morgan fingerprint density at radius 3 is 2.50 bits per heavy atom. The van der Waals surface area contributed by atoms with Gasteiger partial charge in [-0.1, -0.05) is 20.3 Å². The van der Waals surface area contributed by atoms with Gasteiger partial charge in [0.05, 0.1) is 7.11 Å². The maximum absolute atomic E-state index is 4.99. The van der Waals surface area contributed by atoms with Gasteiger partial charge in [0.2, 0.25) is 11.9 Å². The molecule has 0 fully saturated rings. The minimum Gasteiger partial charge on any atom is -0.467 e. The lowest BCUT2D eigenvalue weighted by molar-refractivity contribution is 0.379. The summed E-state index contributed by atoms with van der Waals surface area (Å²) in [6.45, 7) is 5.16. The number of ether oxygens (including phenoxy) is 1. The maximum atomic E-state index is 4.99. The van der Waals surface area contributed by atoms with E-state index in [2.05, 4.69) is 39.4 Å². The molecule has 1 aromatic heterocycles. The molecule has 0 radical (unpaired) electrons. The molecule has 1 unspecified atom stereocenters. The summed E-state index contributed by atoms with van der Waals surface area (Å²) in [5.74, 6) is 1.62. The zero-order chi connectivity index (χ0) is 12.0. The summed E-state index contributed by atoms with van der Waals surface area (Å²) in [6, 6.07) is 0.311. The second-order valence-corrected chi connectivity index (χ2v) is 3.61. The highest BCUT2D eigenvalue weighted by Gasteiger charge is 2.06. The van der Waals surface area contributed by atoms with Gasteiger partial charge >= 0.3 is 6.01 Å². The quantitative estimate of drug-likeness (QED) is 0.762. The summed E-state index contributed by atoms with van der Waals surface area (Å²) in [5.41, 5.74) is 0. The largest absolute Gasteiger partial charge is 0.467 e. The van der Waals surface area contributed by atoms with Crippen LogP contribution in [0.4, 0.5) is 11.9 Å². The monoisotopic (exact) mass is 225 g/mol. The molecule has 0 saturated heterocycles. The molecule has 0 amide bonds. The molecule has 0 saturated carbocycles. The average molecular weight is 225 g/mol. The zero-order valence-corrected chi connectivity index (χ0v) is 10.2. The van der Waals surface area contributed by atoms with Crippen molar-refractivity contribution in [2.45, 2.75) is 20.3 Å². The second kappa shape index (κ2) is 6.09. The molecule has 1 rings (SSSR count). The molecule has 90 valence electrons. The standard InChI is InChI=1S/C10H19N5O/c1-5-7(2)6-12-9-13-8(11-3)14-10(15-9)16-4/h7H,5-6H2,1-4H3,(H2,11,12,13,14,15). The summed E-state index contributed by atoms with van der Waals surface area (Å²) in [7, 11) is 3.29. The number of hydrogen-bond donors (Lipinski definition) is 2. The fourth-order valence-electron chi connectivity index (χ4n) is 1.05. The average Bonchev–Trinajstić information content (AvgIpc) is 2.35. The SMILES string of the molecule is CCC(C)CNc1nc(NC)nc(OC)n1. The van der Waals surface area contributed by atoms with E-state index in [4.69, 9.17) is 4.74 Å². The van der Waals surface area contributed by atoms with Crippen LogP contribution in [0.15, 0.2) is 0 Å². The molecule has 1 atom stereocenters. The number of methoxy groups -OCH3 is 1. The Morgan fingerprint density at radius 2 is 1.94 bits per heavy atom. The van der Waals surface area contributed by atoms with Crippen molar-refractivity contribution in [3.63, 3.8) is 0 Å². The van der Waals surface area contributed by atoms with Crippen LogP contribution in [0.25, 0.3) is 0 Å². The van der Waals surface area contributed by atoms with E-state index in [9.17, 15) is 0 Å². The third kappa shape index (κ3) is 3.52. The second-order valence-electron chi connectivity index (χ2n) is 3.61. The van der Waals surface area contributed by atoms with Gasteiger partial charge in [0.1, 0.15) is 0 Å². The Hall–Kier alpha value is -1.59. The van der Waals surface area contributed by atoms with Crippen LogP contribution in [0, 0.1) is 5.92 Å². The number of hydrogen-bond acceptors (Lipinski definition) is 6. The molecule has 1 aromatic rings. The summed E-state index contributed by atoms with van der Waals surface area (Å²) < 4.78 is 4.99. The van der Waals surface area contributed by atoms with E-state index in [0.29, 0.717) is 23.8 Å². The molecule has 6 nitrogen and oxygen atoms in total. The van der Waals surface area contributed by atoms with Gasteiger partial charge in [-0.2, -0.15) is 15.0 Å². The fraction of sp³-hybridized carbons (Fsp3) is 0.700. The van der Waals surface area contributed by atoms with Gasteiger partial charge < -0.3 is 15.4 Å². The number of nitrogens with zero attached hydrogens (tertiary/aromatic N) is 3. The Balaban J connectivity index is 2.71. The maximum Gasteiger partial charge on any atom is 0.322 e. The number of nitrogens with one attached hydrogen (secondary N) is 2. The first-order valence-electron chi connectivity index (χ1n) is 5.41. The van der Waals surface area contributed by atoms with Crippen LogP contribution in [-0.4, -0.2) is 35.7 Å². The Labute approximate surface area is 95.9 Å². The molecule has 0 spiro atoms. The topological polar surface area (TPSA) is 72.0 Å². The smallest absolute Gasteiger partial charge is 0.322 e. The van der Waals surface area contributed by atoms with Crippen molar-refractivity contribution in [2.24, 2.45) is 5.92 Å². The first-order chi connectivity index (χ1) is 7.69. The number of rotatable bonds is 6. The molecule has 0 aliphatic heterocycles. The van der Waals surface area contributed by atoms with Crippen molar-refractivity contribution in [2.75, 3.05) is 31.3 Å². The van der Waals surface area contributed by atoms with Gasteiger partial charge in [-0.25, -0.2) is 0 Å². The lowest BCUT2D eigenvalue weighted by Gasteiger charge is -2.11. The molecule has 0 aliphatic rings. The van der Waals surface area contributed by atoms with Crippen molar-refractivity contribution in [1.82, 2.24) is 15.0 Å². The van der Waals surface area contributed by atoms with E-state index < -0.39 is 0 Å². The van der Waals surface area contributed by atoms with Crippen molar-refractivity contribution in [3.8, 4) is 6.01 Å². The van der Waals surface area contributed by atoms with Crippen LogP contribution in [0.2, 0.25) is 0 Å². The number of aromatic nitrogens is 3. The molecule has 1 heterocycles. The molecule has 6 heteroatoms. The van der Waals surface area contributed by atoms with Crippen molar-refractivity contribution < 1.29 is 4.74 Å². The van der Waals surface area contributed by atoms with Crippen LogP contribution in [0.1, 0.15) is 20.3 Å². The summed E-state index contributed by atoms with van der Waals surface area (Å²) in [5, 5.41) is 6.02. The molecule has 16 heavy (non-hydrogen) atoms. The summed E-state index contributed by atoms with van der Waals surface area (Å²) in [6.07, 6.45) is 1.12. The van der Waals surface area contributed by atoms with Crippen LogP contribution in [-0.2, 0) is 0 Å². The third-order valence-electron chi connectivity index (χ3n) is 2.33. The van der Waals surface area contributed by atoms with Gasteiger partial charge in [0.25, 0.3) is 0 Å². The normalized spacial score (nSPS) is 12.0. The Kier molecular flexibility index (Phi) is 4.75. The van der Waals surface area contributed by atoms with Crippen molar-refractivity contribution in [1.29, 1.82) is 0 Å². The third-order valence-corrected chi connectivity index (χ3v) is 2.33. The van der Waals surface area contributed by atoms with E-state index in [1.165, 1.54) is 7.11 Å². The minimum atomic E-state index is 0.311. The van der Waals surface area contributed by atoms with Crippen LogP contribution < -0.4 is 15.4 Å². The highest BCUT2D eigenvalue weighted by molar-refractivity contribution is 5.35. The first kappa shape index (κ1) is 12.5. The zero-order valence-electron chi connectivity index (χ0n) is 10.2. The molecule has 0 bridgehead atoms. The molecule has 0 aliphatic carbocycles. The Morgan fingerprint density at radius 1 is 1.25 bits per heavy atom. The number of anilines is 2. The van der Waals surface area contributed by atoms with Gasteiger partial charge in [0.15, 0.2) is 0 Å². The lowest BCUT2D eigenvalue weighted by atomic mass is 10.1. The predicted octanol–water partition coefficient (Wildman–Crippen LogP) is 1.38. The van der Waals surface area contributed by atoms with E-state index >= 15 is 0 Å². The summed E-state index contributed by atoms with van der Waals surface area (Å²) >= 11 is 0. The molecule has 0 aromatic carbocycles. The van der Waals surface area contributed by atoms with Gasteiger partial charge in [-0.05, 0) is 5.92 Å². The van der Waals surface area contributed by atoms with Crippen molar-refractivity contribution in [3.05, 3.63) is 0 Å². The minimum absolute atomic E-state index is 0.311.